The van der Waals surface area contributed by atoms with Crippen LogP contribution in [0.4, 0.5) is 5.69 Å². The molecule has 0 amide bonds. The average Bonchev–Trinajstić information content (AvgIpc) is 2.77. The summed E-state index contributed by atoms with van der Waals surface area (Å²) in [5.41, 5.74) is 8.96. The zero-order chi connectivity index (χ0) is 13.4. The lowest BCUT2D eigenvalue weighted by Gasteiger charge is -2.04. The van der Waals surface area contributed by atoms with E-state index in [-0.39, 0.29) is 0 Å². The fourth-order valence-electron chi connectivity index (χ4n) is 1.96. The van der Waals surface area contributed by atoms with Gasteiger partial charge in [-0.15, -0.1) is 0 Å². The molecule has 0 fully saturated rings. The molecule has 0 radical (unpaired) electrons. The van der Waals surface area contributed by atoms with E-state index < -0.39 is 0 Å². The normalized spacial score (nSPS) is 11.1. The fourth-order valence-corrected chi connectivity index (χ4v) is 3.11. The first kappa shape index (κ1) is 12.5. The number of nitrogen functional groups attached to an aromatic ring is 1. The number of nitrogens with two attached hydrogens (primary N) is 1. The lowest BCUT2D eigenvalue weighted by molar-refractivity contribution is 1.36. The molecule has 0 bridgehead atoms. The van der Waals surface area contributed by atoms with Gasteiger partial charge in [-0.25, -0.2) is 0 Å². The van der Waals surface area contributed by atoms with Gasteiger partial charge in [0.15, 0.2) is 0 Å². The highest BCUT2D eigenvalue weighted by atomic mass is 35.5. The Balaban J connectivity index is 2.00. The summed E-state index contributed by atoms with van der Waals surface area (Å²) in [5.74, 6) is 0. The molecule has 2 aromatic carbocycles. The van der Waals surface area contributed by atoms with Crippen LogP contribution in [0.5, 0.6) is 0 Å². The van der Waals surface area contributed by atoms with Crippen molar-refractivity contribution in [3.8, 4) is 0 Å². The number of rotatable bonds is 2. The minimum Gasteiger partial charge on any atom is -0.398 e. The molecular formula is C15H13ClN2S. The van der Waals surface area contributed by atoms with E-state index in [1.54, 1.807) is 11.8 Å². The largest absolute Gasteiger partial charge is 0.398 e. The molecule has 0 spiro atoms. The number of H-pyrrole nitrogens is 1. The monoisotopic (exact) mass is 288 g/mol. The Morgan fingerprint density at radius 3 is 2.79 bits per heavy atom. The second-order valence-electron chi connectivity index (χ2n) is 4.46. The summed E-state index contributed by atoms with van der Waals surface area (Å²) in [6, 6.07) is 12.0. The highest BCUT2D eigenvalue weighted by Gasteiger charge is 2.07. The second kappa shape index (κ2) is 4.83. The highest BCUT2D eigenvalue weighted by Crippen LogP contribution is 2.35. The Kier molecular flexibility index (Phi) is 3.17. The van der Waals surface area contributed by atoms with Gasteiger partial charge in [0.25, 0.3) is 0 Å². The molecule has 0 saturated heterocycles. The second-order valence-corrected chi connectivity index (χ2v) is 6.02. The number of nitrogens with one attached hydrogen (secondary N) is 1. The van der Waals surface area contributed by atoms with Gasteiger partial charge in [0.2, 0.25) is 0 Å². The minimum absolute atomic E-state index is 0.748. The van der Waals surface area contributed by atoms with Crippen molar-refractivity contribution in [3.05, 3.63) is 53.2 Å². The number of fused-ring (bicyclic) bond motifs is 1. The van der Waals surface area contributed by atoms with E-state index in [9.17, 15) is 0 Å². The van der Waals surface area contributed by atoms with E-state index in [1.807, 2.05) is 43.5 Å². The molecule has 3 rings (SSSR count). The third-order valence-corrected chi connectivity index (χ3v) is 4.37. The molecule has 2 nitrogen and oxygen atoms in total. The Morgan fingerprint density at radius 1 is 1.16 bits per heavy atom. The van der Waals surface area contributed by atoms with Crippen LogP contribution in [0.25, 0.3) is 10.9 Å². The minimum atomic E-state index is 0.748. The summed E-state index contributed by atoms with van der Waals surface area (Å²) >= 11 is 7.74. The predicted octanol–water partition coefficient (Wildman–Crippen LogP) is 4.86. The van der Waals surface area contributed by atoms with Crippen LogP contribution in [-0.4, -0.2) is 4.98 Å². The standard InChI is InChI=1S/C15H13ClN2S/c1-9-2-4-11(7-13(9)17)19-15-8-18-14-5-3-10(16)6-12(14)15/h2-8,18H,17H2,1H3. The lowest BCUT2D eigenvalue weighted by Crippen LogP contribution is -1.88. The third kappa shape index (κ3) is 2.44. The van der Waals surface area contributed by atoms with E-state index in [0.29, 0.717) is 0 Å². The molecule has 0 saturated carbocycles. The summed E-state index contributed by atoms with van der Waals surface area (Å²) in [6.45, 7) is 2.01. The molecule has 0 unspecified atom stereocenters. The van der Waals surface area contributed by atoms with Crippen molar-refractivity contribution in [2.75, 3.05) is 5.73 Å². The Labute approximate surface area is 121 Å². The van der Waals surface area contributed by atoms with Crippen LogP contribution in [0, 0.1) is 6.92 Å². The molecule has 0 atom stereocenters. The third-order valence-electron chi connectivity index (χ3n) is 3.08. The zero-order valence-corrected chi connectivity index (χ0v) is 12.0. The van der Waals surface area contributed by atoms with Crippen molar-refractivity contribution in [2.24, 2.45) is 0 Å². The average molecular weight is 289 g/mol. The summed E-state index contributed by atoms with van der Waals surface area (Å²) in [4.78, 5) is 5.53. The molecule has 3 N–H and O–H groups in total. The van der Waals surface area contributed by atoms with Gasteiger partial charge in [0.05, 0.1) is 0 Å². The van der Waals surface area contributed by atoms with E-state index in [0.717, 1.165) is 37.0 Å². The molecule has 0 aliphatic rings. The van der Waals surface area contributed by atoms with Crippen molar-refractivity contribution < 1.29 is 0 Å². The van der Waals surface area contributed by atoms with Crippen LogP contribution >= 0.6 is 23.4 Å². The van der Waals surface area contributed by atoms with Gasteiger partial charge in [-0.2, -0.15) is 0 Å². The number of aryl methyl sites for hydroxylation is 1. The highest BCUT2D eigenvalue weighted by molar-refractivity contribution is 7.99. The quantitative estimate of drug-likeness (QED) is 0.661. The molecule has 3 aromatic rings. The number of aromatic amines is 1. The van der Waals surface area contributed by atoms with Gasteiger partial charge in [0.1, 0.15) is 0 Å². The molecule has 19 heavy (non-hydrogen) atoms. The van der Waals surface area contributed by atoms with E-state index in [2.05, 4.69) is 11.1 Å². The number of benzene rings is 2. The molecular weight excluding hydrogens is 276 g/mol. The van der Waals surface area contributed by atoms with Crippen LogP contribution in [0.2, 0.25) is 5.02 Å². The maximum absolute atomic E-state index is 6.05. The van der Waals surface area contributed by atoms with E-state index >= 15 is 0 Å². The van der Waals surface area contributed by atoms with Crippen LogP contribution in [-0.2, 0) is 0 Å². The van der Waals surface area contributed by atoms with Crippen molar-refractivity contribution in [2.45, 2.75) is 16.7 Å². The Bertz CT molecular complexity index is 749. The fraction of sp³-hybridized carbons (Fsp3) is 0.0667. The number of hydrogen-bond donors (Lipinski definition) is 2. The van der Waals surface area contributed by atoms with Gasteiger partial charge in [0, 0.05) is 37.6 Å². The topological polar surface area (TPSA) is 41.8 Å². The maximum Gasteiger partial charge on any atom is 0.0466 e. The SMILES string of the molecule is Cc1ccc(Sc2c[nH]c3ccc(Cl)cc23)cc1N. The first-order valence-electron chi connectivity index (χ1n) is 5.94. The van der Waals surface area contributed by atoms with Gasteiger partial charge in [-0.3, -0.25) is 0 Å². The Hall–Kier alpha value is -1.58. The van der Waals surface area contributed by atoms with Crippen molar-refractivity contribution >= 4 is 40.0 Å². The van der Waals surface area contributed by atoms with Crippen molar-refractivity contribution in [1.82, 2.24) is 4.98 Å². The molecule has 1 aromatic heterocycles. The Morgan fingerprint density at radius 2 is 2.00 bits per heavy atom. The zero-order valence-electron chi connectivity index (χ0n) is 10.4. The van der Waals surface area contributed by atoms with Gasteiger partial charge >= 0.3 is 0 Å². The smallest absolute Gasteiger partial charge is 0.0466 e. The van der Waals surface area contributed by atoms with Crippen LogP contribution < -0.4 is 5.73 Å². The predicted molar refractivity (Wildman–Crippen MR) is 83.0 cm³/mol. The first-order valence-corrected chi connectivity index (χ1v) is 7.13. The summed E-state index contributed by atoms with van der Waals surface area (Å²) in [7, 11) is 0. The van der Waals surface area contributed by atoms with Gasteiger partial charge in [-0.05, 0) is 42.8 Å². The molecule has 0 aliphatic heterocycles. The van der Waals surface area contributed by atoms with Crippen LogP contribution in [0.15, 0.2) is 52.4 Å². The number of anilines is 1. The summed E-state index contributed by atoms with van der Waals surface area (Å²) in [6.07, 6.45) is 2.00. The van der Waals surface area contributed by atoms with Crippen LogP contribution in [0.3, 0.4) is 0 Å². The molecule has 4 heteroatoms. The van der Waals surface area contributed by atoms with Crippen molar-refractivity contribution in [1.29, 1.82) is 0 Å². The summed E-state index contributed by atoms with van der Waals surface area (Å²) < 4.78 is 0. The molecule has 1 heterocycles. The van der Waals surface area contributed by atoms with E-state index in [1.165, 1.54) is 0 Å². The maximum atomic E-state index is 6.05. The van der Waals surface area contributed by atoms with Gasteiger partial charge in [-0.1, -0.05) is 29.4 Å². The number of halogens is 1. The van der Waals surface area contributed by atoms with Gasteiger partial charge < -0.3 is 10.7 Å². The summed E-state index contributed by atoms with van der Waals surface area (Å²) in [5, 5.41) is 1.88. The first-order chi connectivity index (χ1) is 9.13. The number of hydrogen-bond acceptors (Lipinski definition) is 2. The van der Waals surface area contributed by atoms with Crippen LogP contribution in [0.1, 0.15) is 5.56 Å². The number of aromatic nitrogens is 1. The molecule has 0 aliphatic carbocycles. The van der Waals surface area contributed by atoms with Crippen molar-refractivity contribution in [3.63, 3.8) is 0 Å². The molecule has 96 valence electrons. The van der Waals surface area contributed by atoms with E-state index in [4.69, 9.17) is 17.3 Å². The lowest BCUT2D eigenvalue weighted by atomic mass is 10.2.